The smallest absolute Gasteiger partial charge is 0.194 e. The average Bonchev–Trinajstić information content (AvgIpc) is 2.77. The van der Waals surface area contributed by atoms with E-state index >= 15 is 0 Å². The first-order valence-corrected chi connectivity index (χ1v) is 11.9. The van der Waals surface area contributed by atoms with E-state index in [2.05, 4.69) is 57.8 Å². The highest BCUT2D eigenvalue weighted by molar-refractivity contribution is 14.0. The number of likely N-dealkylation sites (N-methyl/N-ethyl adjacent to an activating group) is 1. The first-order valence-electron chi connectivity index (χ1n) is 11.6. The second kappa shape index (κ2) is 13.7. The molecule has 2 saturated heterocycles. The molecule has 0 aromatic heterocycles. The zero-order valence-electron chi connectivity index (χ0n) is 19.4. The number of halogens is 2. The minimum absolute atomic E-state index is 0. The first kappa shape index (κ1) is 26.5. The molecule has 2 heterocycles. The van der Waals surface area contributed by atoms with Crippen molar-refractivity contribution in [1.82, 2.24) is 20.0 Å². The Labute approximate surface area is 211 Å². The Hall–Kier alpha value is -0.770. The van der Waals surface area contributed by atoms with Gasteiger partial charge in [0.05, 0.1) is 0 Å². The summed E-state index contributed by atoms with van der Waals surface area (Å²) in [6.45, 7) is 19.5. The lowest BCUT2D eigenvalue weighted by Gasteiger charge is -2.38. The van der Waals surface area contributed by atoms with Crippen LogP contribution in [0.25, 0.3) is 0 Å². The summed E-state index contributed by atoms with van der Waals surface area (Å²) in [5, 5.41) is 4.31. The van der Waals surface area contributed by atoms with Crippen LogP contribution in [0.1, 0.15) is 20.8 Å². The zero-order chi connectivity index (χ0) is 21.3. The van der Waals surface area contributed by atoms with Crippen LogP contribution in [0.5, 0.6) is 0 Å². The number of nitrogens with one attached hydrogen (secondary N) is 1. The molecule has 1 aromatic rings. The average molecular weight is 563 g/mol. The maximum absolute atomic E-state index is 6.17. The predicted octanol–water partition coefficient (Wildman–Crippen LogP) is 3.32. The van der Waals surface area contributed by atoms with Gasteiger partial charge in [-0.3, -0.25) is 4.99 Å². The molecule has 1 N–H and O–H groups in total. The largest absolute Gasteiger partial charge is 0.368 e. The van der Waals surface area contributed by atoms with Gasteiger partial charge in [-0.05, 0) is 37.6 Å². The molecule has 3 rings (SSSR count). The van der Waals surface area contributed by atoms with Crippen LogP contribution in [0, 0.1) is 5.92 Å². The molecule has 0 radical (unpaired) electrons. The molecular weight excluding hydrogens is 523 g/mol. The SMILES string of the molecule is CCNC(=NCC(C)CN1CCN(CC)CC1)N1CCN(c2cccc(Cl)c2)CC1.I. The normalized spacial score (nSPS) is 19.8. The van der Waals surface area contributed by atoms with Crippen LogP contribution in [0.15, 0.2) is 29.3 Å². The quantitative estimate of drug-likeness (QED) is 0.314. The number of guanidine groups is 1. The Bertz CT molecular complexity index is 672. The zero-order valence-corrected chi connectivity index (χ0v) is 22.5. The van der Waals surface area contributed by atoms with Crippen LogP contribution in [0.4, 0.5) is 5.69 Å². The van der Waals surface area contributed by atoms with Crippen molar-refractivity contribution in [2.75, 3.05) is 83.4 Å². The molecule has 1 atom stereocenters. The second-order valence-electron chi connectivity index (χ2n) is 8.49. The Morgan fingerprint density at radius 1 is 1.03 bits per heavy atom. The minimum Gasteiger partial charge on any atom is -0.368 e. The molecular formula is C23H40ClIN6. The summed E-state index contributed by atoms with van der Waals surface area (Å²) in [6, 6.07) is 8.16. The van der Waals surface area contributed by atoms with E-state index < -0.39 is 0 Å². The number of aliphatic imine (C=N–C) groups is 1. The fourth-order valence-electron chi connectivity index (χ4n) is 4.30. The molecule has 6 nitrogen and oxygen atoms in total. The highest BCUT2D eigenvalue weighted by Gasteiger charge is 2.21. The topological polar surface area (TPSA) is 37.4 Å². The molecule has 2 fully saturated rings. The van der Waals surface area contributed by atoms with Gasteiger partial charge in [-0.1, -0.05) is 31.5 Å². The summed E-state index contributed by atoms with van der Waals surface area (Å²) in [5.74, 6) is 1.63. The Morgan fingerprint density at radius 2 is 1.71 bits per heavy atom. The highest BCUT2D eigenvalue weighted by Crippen LogP contribution is 2.20. The molecule has 0 aliphatic carbocycles. The number of hydrogen-bond donors (Lipinski definition) is 1. The summed E-state index contributed by atoms with van der Waals surface area (Å²) in [5.41, 5.74) is 1.21. The third-order valence-corrected chi connectivity index (χ3v) is 6.36. The van der Waals surface area contributed by atoms with E-state index in [0.29, 0.717) is 5.92 Å². The summed E-state index contributed by atoms with van der Waals surface area (Å²) in [4.78, 5) is 14.9. The van der Waals surface area contributed by atoms with Crippen molar-refractivity contribution < 1.29 is 0 Å². The van der Waals surface area contributed by atoms with Crippen molar-refractivity contribution >= 4 is 47.2 Å². The molecule has 2 aliphatic heterocycles. The van der Waals surface area contributed by atoms with E-state index in [1.54, 1.807) is 0 Å². The molecule has 0 bridgehead atoms. The maximum Gasteiger partial charge on any atom is 0.194 e. The predicted molar refractivity (Wildman–Crippen MR) is 144 cm³/mol. The van der Waals surface area contributed by atoms with Crippen LogP contribution in [-0.2, 0) is 0 Å². The summed E-state index contributed by atoms with van der Waals surface area (Å²) in [7, 11) is 0. The molecule has 8 heteroatoms. The van der Waals surface area contributed by atoms with Gasteiger partial charge in [-0.15, -0.1) is 24.0 Å². The molecule has 1 unspecified atom stereocenters. The molecule has 176 valence electrons. The van der Waals surface area contributed by atoms with Gasteiger partial charge in [-0.2, -0.15) is 0 Å². The summed E-state index contributed by atoms with van der Waals surface area (Å²) < 4.78 is 0. The van der Waals surface area contributed by atoms with Crippen LogP contribution in [-0.4, -0.2) is 99.2 Å². The standard InChI is InChI=1S/C23H39ClN6.HI/c1-4-25-23(26-18-20(3)19-28-11-9-27(5-2)10-12-28)30-15-13-29(14-16-30)22-8-6-7-21(24)17-22;/h6-8,17,20H,4-5,9-16,18-19H2,1-3H3,(H,25,26);1H. The minimum atomic E-state index is 0. The van der Waals surface area contributed by atoms with Gasteiger partial charge >= 0.3 is 0 Å². The van der Waals surface area contributed by atoms with E-state index in [1.807, 2.05) is 12.1 Å². The first-order chi connectivity index (χ1) is 14.6. The molecule has 1 aromatic carbocycles. The number of piperazine rings is 2. The van der Waals surface area contributed by atoms with Gasteiger partial charge in [0.15, 0.2) is 5.96 Å². The van der Waals surface area contributed by atoms with E-state index in [4.69, 9.17) is 16.6 Å². The lowest BCUT2D eigenvalue weighted by Crippen LogP contribution is -2.52. The molecule has 0 spiro atoms. The maximum atomic E-state index is 6.17. The van der Waals surface area contributed by atoms with Gasteiger partial charge in [0.1, 0.15) is 0 Å². The van der Waals surface area contributed by atoms with Gasteiger partial charge in [0, 0.05) is 82.7 Å². The van der Waals surface area contributed by atoms with Crippen LogP contribution >= 0.6 is 35.6 Å². The van der Waals surface area contributed by atoms with Crippen molar-refractivity contribution in [3.05, 3.63) is 29.3 Å². The second-order valence-corrected chi connectivity index (χ2v) is 8.93. The van der Waals surface area contributed by atoms with Crippen molar-refractivity contribution in [2.24, 2.45) is 10.9 Å². The number of anilines is 1. The number of hydrogen-bond acceptors (Lipinski definition) is 4. The van der Waals surface area contributed by atoms with E-state index in [0.717, 1.165) is 56.8 Å². The number of benzene rings is 1. The van der Waals surface area contributed by atoms with Crippen LogP contribution in [0.3, 0.4) is 0 Å². The Balaban J connectivity index is 0.00000341. The van der Waals surface area contributed by atoms with E-state index in [9.17, 15) is 0 Å². The van der Waals surface area contributed by atoms with Crippen molar-refractivity contribution in [1.29, 1.82) is 0 Å². The van der Waals surface area contributed by atoms with Gasteiger partial charge in [0.25, 0.3) is 0 Å². The van der Waals surface area contributed by atoms with E-state index in [1.165, 1.54) is 38.4 Å². The molecule has 2 aliphatic rings. The van der Waals surface area contributed by atoms with Gasteiger partial charge in [-0.25, -0.2) is 0 Å². The number of nitrogens with zero attached hydrogens (tertiary/aromatic N) is 5. The van der Waals surface area contributed by atoms with Gasteiger partial charge in [0.2, 0.25) is 0 Å². The fourth-order valence-corrected chi connectivity index (χ4v) is 4.49. The lowest BCUT2D eigenvalue weighted by atomic mass is 10.1. The molecule has 0 saturated carbocycles. The molecule has 31 heavy (non-hydrogen) atoms. The number of rotatable bonds is 7. The van der Waals surface area contributed by atoms with E-state index in [-0.39, 0.29) is 24.0 Å². The third kappa shape index (κ3) is 8.26. The summed E-state index contributed by atoms with van der Waals surface area (Å²) in [6.07, 6.45) is 0. The summed E-state index contributed by atoms with van der Waals surface area (Å²) >= 11 is 6.17. The van der Waals surface area contributed by atoms with Crippen molar-refractivity contribution in [2.45, 2.75) is 20.8 Å². The Kier molecular flexibility index (Phi) is 11.7. The Morgan fingerprint density at radius 3 is 2.32 bits per heavy atom. The third-order valence-electron chi connectivity index (χ3n) is 6.12. The van der Waals surface area contributed by atoms with Crippen LogP contribution in [0.2, 0.25) is 5.02 Å². The molecule has 0 amide bonds. The van der Waals surface area contributed by atoms with Crippen molar-refractivity contribution in [3.8, 4) is 0 Å². The fraction of sp³-hybridized carbons (Fsp3) is 0.696. The van der Waals surface area contributed by atoms with Crippen molar-refractivity contribution in [3.63, 3.8) is 0 Å². The van der Waals surface area contributed by atoms with Crippen LogP contribution < -0.4 is 10.2 Å². The monoisotopic (exact) mass is 562 g/mol. The lowest BCUT2D eigenvalue weighted by molar-refractivity contribution is 0.125. The highest BCUT2D eigenvalue weighted by atomic mass is 127. The van der Waals surface area contributed by atoms with Gasteiger partial charge < -0.3 is 24.9 Å².